The van der Waals surface area contributed by atoms with Gasteiger partial charge in [0, 0.05) is 23.8 Å². The summed E-state index contributed by atoms with van der Waals surface area (Å²) < 4.78 is 5.74. The summed E-state index contributed by atoms with van der Waals surface area (Å²) in [4.78, 5) is 17.2. The molecular weight excluding hydrogens is 364 g/mol. The SMILES string of the molecule is CC(C)n1ccc(C(=O)N=c2sc3cccc(Br)c3n2C)n1. The number of hydrogen-bond donors (Lipinski definition) is 0. The van der Waals surface area contributed by atoms with E-state index >= 15 is 0 Å². The van der Waals surface area contributed by atoms with Crippen molar-refractivity contribution in [2.45, 2.75) is 19.9 Å². The van der Waals surface area contributed by atoms with Crippen molar-refractivity contribution in [1.82, 2.24) is 14.3 Å². The van der Waals surface area contributed by atoms with Crippen molar-refractivity contribution in [2.75, 3.05) is 0 Å². The highest BCUT2D eigenvalue weighted by Gasteiger charge is 2.12. The fourth-order valence-electron chi connectivity index (χ4n) is 2.15. The van der Waals surface area contributed by atoms with Crippen LogP contribution in [0.5, 0.6) is 0 Å². The first-order valence-corrected chi connectivity index (χ1v) is 8.46. The molecule has 1 aromatic carbocycles. The fourth-order valence-corrected chi connectivity index (χ4v) is 3.95. The minimum atomic E-state index is -0.322. The molecule has 7 heteroatoms. The van der Waals surface area contributed by atoms with E-state index in [0.717, 1.165) is 14.7 Å². The maximum atomic E-state index is 12.3. The largest absolute Gasteiger partial charge is 0.318 e. The van der Waals surface area contributed by atoms with Crippen LogP contribution in [0.1, 0.15) is 30.4 Å². The maximum Gasteiger partial charge on any atom is 0.300 e. The molecule has 0 N–H and O–H groups in total. The number of amides is 1. The molecule has 0 aliphatic rings. The van der Waals surface area contributed by atoms with Gasteiger partial charge in [0.1, 0.15) is 0 Å². The predicted molar refractivity (Wildman–Crippen MR) is 91.0 cm³/mol. The normalized spacial score (nSPS) is 12.5. The third kappa shape index (κ3) is 2.66. The van der Waals surface area contributed by atoms with Crippen LogP contribution in [-0.2, 0) is 7.05 Å². The Kier molecular flexibility index (Phi) is 4.01. The number of benzene rings is 1. The summed E-state index contributed by atoms with van der Waals surface area (Å²) in [6.07, 6.45) is 1.80. The van der Waals surface area contributed by atoms with Gasteiger partial charge in [-0.25, -0.2) is 0 Å². The quantitative estimate of drug-likeness (QED) is 0.684. The zero-order valence-electron chi connectivity index (χ0n) is 12.4. The predicted octanol–water partition coefficient (Wildman–Crippen LogP) is 3.52. The second-order valence-corrected chi connectivity index (χ2v) is 7.09. The number of fused-ring (bicyclic) bond motifs is 1. The van der Waals surface area contributed by atoms with Crippen LogP contribution in [0.25, 0.3) is 10.2 Å². The molecule has 0 bridgehead atoms. The zero-order chi connectivity index (χ0) is 15.9. The number of aryl methyl sites for hydroxylation is 1. The van der Waals surface area contributed by atoms with Crippen LogP contribution in [0, 0.1) is 0 Å². The number of halogens is 1. The summed E-state index contributed by atoms with van der Waals surface area (Å²) >= 11 is 5.02. The van der Waals surface area contributed by atoms with Gasteiger partial charge in [-0.15, -0.1) is 0 Å². The second-order valence-electron chi connectivity index (χ2n) is 5.22. The first-order chi connectivity index (χ1) is 10.5. The molecule has 2 heterocycles. The van der Waals surface area contributed by atoms with Gasteiger partial charge in [-0.1, -0.05) is 17.4 Å². The number of rotatable bonds is 2. The van der Waals surface area contributed by atoms with Crippen molar-refractivity contribution in [1.29, 1.82) is 0 Å². The second kappa shape index (κ2) is 5.81. The highest BCUT2D eigenvalue weighted by molar-refractivity contribution is 9.10. The van der Waals surface area contributed by atoms with Crippen molar-refractivity contribution >= 4 is 43.4 Å². The van der Waals surface area contributed by atoms with Crippen molar-refractivity contribution in [2.24, 2.45) is 12.0 Å². The summed E-state index contributed by atoms with van der Waals surface area (Å²) in [7, 11) is 1.91. The Hall–Kier alpha value is -1.73. The number of carbonyl (C=O) groups is 1. The minimum Gasteiger partial charge on any atom is -0.318 e. The fraction of sp³-hybridized carbons (Fsp3) is 0.267. The lowest BCUT2D eigenvalue weighted by molar-refractivity contribution is 0.0992. The molecule has 0 aliphatic heterocycles. The Morgan fingerprint density at radius 3 is 2.77 bits per heavy atom. The third-order valence-corrected chi connectivity index (χ3v) is 5.06. The molecular formula is C15H15BrN4OS. The molecule has 0 radical (unpaired) electrons. The van der Waals surface area contributed by atoms with Crippen LogP contribution in [-0.4, -0.2) is 20.3 Å². The molecule has 3 rings (SSSR count). The number of nitrogens with zero attached hydrogens (tertiary/aromatic N) is 4. The lowest BCUT2D eigenvalue weighted by Crippen LogP contribution is -2.14. The molecule has 0 fully saturated rings. The molecule has 0 aliphatic carbocycles. The van der Waals surface area contributed by atoms with Gasteiger partial charge in [0.25, 0.3) is 5.91 Å². The number of aromatic nitrogens is 3. The number of thiazole rings is 1. The molecule has 5 nitrogen and oxygen atoms in total. The van der Waals surface area contributed by atoms with Crippen molar-refractivity contribution < 1.29 is 4.79 Å². The van der Waals surface area contributed by atoms with Crippen LogP contribution in [0.3, 0.4) is 0 Å². The topological polar surface area (TPSA) is 52.2 Å². The molecule has 22 heavy (non-hydrogen) atoms. The number of hydrogen-bond acceptors (Lipinski definition) is 3. The molecule has 1 amide bonds. The van der Waals surface area contributed by atoms with Gasteiger partial charge in [-0.2, -0.15) is 10.1 Å². The Bertz CT molecular complexity index is 919. The van der Waals surface area contributed by atoms with Crippen LogP contribution < -0.4 is 4.80 Å². The highest BCUT2D eigenvalue weighted by Crippen LogP contribution is 2.24. The van der Waals surface area contributed by atoms with Gasteiger partial charge in [-0.05, 0) is 48.0 Å². The first-order valence-electron chi connectivity index (χ1n) is 6.85. The first kappa shape index (κ1) is 15.2. The standard InChI is InChI=1S/C15H15BrN4OS/c1-9(2)20-8-7-11(18-20)14(21)17-15-19(3)13-10(16)5-4-6-12(13)22-15/h4-9H,1-3H3. The van der Waals surface area contributed by atoms with E-state index in [4.69, 9.17) is 0 Å². The molecule has 0 spiro atoms. The van der Waals surface area contributed by atoms with Crippen molar-refractivity contribution in [3.05, 3.63) is 45.4 Å². The monoisotopic (exact) mass is 378 g/mol. The molecule has 114 valence electrons. The molecule has 0 unspecified atom stereocenters. The van der Waals surface area contributed by atoms with Crippen LogP contribution in [0.15, 0.2) is 39.9 Å². The van der Waals surface area contributed by atoms with Gasteiger partial charge in [0.05, 0.1) is 10.2 Å². The van der Waals surface area contributed by atoms with E-state index in [-0.39, 0.29) is 11.9 Å². The Morgan fingerprint density at radius 2 is 2.14 bits per heavy atom. The molecule has 2 aromatic heterocycles. The molecule has 0 atom stereocenters. The summed E-state index contributed by atoms with van der Waals surface area (Å²) in [5.74, 6) is -0.322. The smallest absolute Gasteiger partial charge is 0.300 e. The summed E-state index contributed by atoms with van der Waals surface area (Å²) in [6, 6.07) is 7.89. The number of para-hydroxylation sites is 1. The molecule has 0 saturated heterocycles. The Balaban J connectivity index is 2.06. The van der Waals surface area contributed by atoms with Gasteiger partial charge < -0.3 is 4.57 Å². The highest BCUT2D eigenvalue weighted by atomic mass is 79.9. The van der Waals surface area contributed by atoms with E-state index in [1.807, 2.05) is 43.7 Å². The van der Waals surface area contributed by atoms with Crippen molar-refractivity contribution in [3.8, 4) is 0 Å². The van der Waals surface area contributed by atoms with Gasteiger partial charge in [0.15, 0.2) is 10.5 Å². The van der Waals surface area contributed by atoms with E-state index in [2.05, 4.69) is 26.0 Å². The van der Waals surface area contributed by atoms with Gasteiger partial charge >= 0.3 is 0 Å². The average molecular weight is 379 g/mol. The average Bonchev–Trinajstić information content (AvgIpc) is 3.06. The van der Waals surface area contributed by atoms with Crippen LogP contribution in [0.4, 0.5) is 0 Å². The lowest BCUT2D eigenvalue weighted by Gasteiger charge is -2.02. The van der Waals surface area contributed by atoms with E-state index in [1.54, 1.807) is 16.9 Å². The lowest BCUT2D eigenvalue weighted by atomic mass is 10.3. The summed E-state index contributed by atoms with van der Waals surface area (Å²) in [5.41, 5.74) is 1.40. The molecule has 0 saturated carbocycles. The van der Waals surface area contributed by atoms with Crippen LogP contribution >= 0.6 is 27.3 Å². The summed E-state index contributed by atoms with van der Waals surface area (Å²) in [6.45, 7) is 4.03. The zero-order valence-corrected chi connectivity index (χ0v) is 14.8. The Morgan fingerprint density at radius 1 is 1.36 bits per heavy atom. The van der Waals surface area contributed by atoms with Crippen molar-refractivity contribution in [3.63, 3.8) is 0 Å². The number of carbonyl (C=O) groups excluding carboxylic acids is 1. The van der Waals surface area contributed by atoms with E-state index in [1.165, 1.54) is 11.3 Å². The minimum absolute atomic E-state index is 0.220. The van der Waals surface area contributed by atoms with E-state index in [0.29, 0.717) is 10.5 Å². The summed E-state index contributed by atoms with van der Waals surface area (Å²) in [5, 5.41) is 4.27. The van der Waals surface area contributed by atoms with E-state index in [9.17, 15) is 4.79 Å². The maximum absolute atomic E-state index is 12.3. The van der Waals surface area contributed by atoms with Gasteiger partial charge in [0.2, 0.25) is 0 Å². The van der Waals surface area contributed by atoms with E-state index < -0.39 is 0 Å². The third-order valence-electron chi connectivity index (χ3n) is 3.33. The molecule has 3 aromatic rings. The Labute approximate surface area is 140 Å². The van der Waals surface area contributed by atoms with Crippen LogP contribution in [0.2, 0.25) is 0 Å². The van der Waals surface area contributed by atoms with Gasteiger partial charge in [-0.3, -0.25) is 9.48 Å².